The third kappa shape index (κ3) is 4.06. The highest BCUT2D eigenvalue weighted by atomic mass is 16.2. The number of para-hydroxylation sites is 1. The molecule has 2 fully saturated rings. The van der Waals surface area contributed by atoms with Gasteiger partial charge in [0.15, 0.2) is 0 Å². The molecule has 3 rings (SSSR count). The molecule has 1 heterocycles. The van der Waals surface area contributed by atoms with Crippen LogP contribution in [0.3, 0.4) is 0 Å². The summed E-state index contributed by atoms with van der Waals surface area (Å²) in [7, 11) is 2.01. The molecule has 0 spiro atoms. The standard InChI is InChI=1S/C20H27N3O3/c1-22(15-8-3-2-4-9-15)13-7-12-21-18(24)14-23-19(25)16-10-5-6-11-17(16)20(23)26/h2-4,8-9,16-17H,5-7,10-14H2,1H3,(H,21,24)/t16-,17+. The number of carbonyl (C=O) groups excluding carboxylic acids is 3. The van der Waals surface area contributed by atoms with Gasteiger partial charge in [0.05, 0.1) is 11.8 Å². The third-order valence-corrected chi connectivity index (χ3v) is 5.42. The largest absolute Gasteiger partial charge is 0.375 e. The Labute approximate surface area is 154 Å². The number of hydrogen-bond donors (Lipinski definition) is 1. The first-order valence-corrected chi connectivity index (χ1v) is 9.46. The average Bonchev–Trinajstić information content (AvgIpc) is 2.91. The zero-order valence-corrected chi connectivity index (χ0v) is 15.3. The summed E-state index contributed by atoms with van der Waals surface area (Å²) >= 11 is 0. The van der Waals surface area contributed by atoms with Crippen LogP contribution in [0.25, 0.3) is 0 Å². The van der Waals surface area contributed by atoms with Gasteiger partial charge in [-0.3, -0.25) is 19.3 Å². The molecule has 26 heavy (non-hydrogen) atoms. The van der Waals surface area contributed by atoms with Gasteiger partial charge >= 0.3 is 0 Å². The summed E-state index contributed by atoms with van der Waals surface area (Å²) in [6.45, 7) is 1.20. The fraction of sp³-hybridized carbons (Fsp3) is 0.550. The van der Waals surface area contributed by atoms with Crippen molar-refractivity contribution in [3.63, 3.8) is 0 Å². The highest BCUT2D eigenvalue weighted by Gasteiger charge is 2.48. The minimum absolute atomic E-state index is 0.140. The molecular formula is C20H27N3O3. The number of imide groups is 1. The second-order valence-corrected chi connectivity index (χ2v) is 7.22. The number of fused-ring (bicyclic) bond motifs is 1. The predicted molar refractivity (Wildman–Crippen MR) is 99.5 cm³/mol. The van der Waals surface area contributed by atoms with Gasteiger partial charge in [0.25, 0.3) is 0 Å². The number of nitrogens with one attached hydrogen (secondary N) is 1. The summed E-state index contributed by atoms with van der Waals surface area (Å²) in [4.78, 5) is 40.2. The molecule has 1 N–H and O–H groups in total. The van der Waals surface area contributed by atoms with Crippen LogP contribution in [0.4, 0.5) is 5.69 Å². The second kappa shape index (κ2) is 8.34. The van der Waals surface area contributed by atoms with Crippen molar-refractivity contribution >= 4 is 23.4 Å². The zero-order chi connectivity index (χ0) is 18.5. The molecule has 1 saturated heterocycles. The maximum Gasteiger partial charge on any atom is 0.240 e. The molecule has 3 amide bonds. The summed E-state index contributed by atoms with van der Waals surface area (Å²) in [5.41, 5.74) is 1.13. The number of benzene rings is 1. The average molecular weight is 357 g/mol. The lowest BCUT2D eigenvalue weighted by molar-refractivity contribution is -0.143. The number of anilines is 1. The van der Waals surface area contributed by atoms with Crippen LogP contribution < -0.4 is 10.2 Å². The first-order chi connectivity index (χ1) is 12.6. The van der Waals surface area contributed by atoms with Crippen LogP contribution >= 0.6 is 0 Å². The molecular weight excluding hydrogens is 330 g/mol. The van der Waals surface area contributed by atoms with Crippen LogP contribution in [0.2, 0.25) is 0 Å². The molecule has 2 atom stereocenters. The van der Waals surface area contributed by atoms with Crippen LogP contribution in [0, 0.1) is 11.8 Å². The molecule has 0 radical (unpaired) electrons. The first kappa shape index (κ1) is 18.4. The van der Waals surface area contributed by atoms with E-state index in [0.29, 0.717) is 6.54 Å². The van der Waals surface area contributed by atoms with Gasteiger partial charge in [0.1, 0.15) is 6.54 Å². The molecule has 1 saturated carbocycles. The molecule has 1 aliphatic heterocycles. The van der Waals surface area contributed by atoms with Gasteiger partial charge in [0, 0.05) is 25.8 Å². The van der Waals surface area contributed by atoms with Crippen molar-refractivity contribution in [2.45, 2.75) is 32.1 Å². The molecule has 1 aromatic rings. The van der Waals surface area contributed by atoms with Crippen LogP contribution in [-0.4, -0.2) is 49.3 Å². The number of nitrogens with zero attached hydrogens (tertiary/aromatic N) is 2. The Morgan fingerprint density at radius 1 is 1.12 bits per heavy atom. The van der Waals surface area contributed by atoms with E-state index in [1.807, 2.05) is 37.4 Å². The van der Waals surface area contributed by atoms with Crippen molar-refractivity contribution in [1.29, 1.82) is 0 Å². The zero-order valence-electron chi connectivity index (χ0n) is 15.3. The molecule has 1 aliphatic carbocycles. The monoisotopic (exact) mass is 357 g/mol. The van der Waals surface area contributed by atoms with Crippen LogP contribution in [-0.2, 0) is 14.4 Å². The van der Waals surface area contributed by atoms with Crippen molar-refractivity contribution in [3.05, 3.63) is 30.3 Å². The fourth-order valence-corrected chi connectivity index (χ4v) is 3.94. The minimum Gasteiger partial charge on any atom is -0.375 e. The number of hydrogen-bond acceptors (Lipinski definition) is 4. The highest BCUT2D eigenvalue weighted by Crippen LogP contribution is 2.37. The Bertz CT molecular complexity index is 638. The molecule has 0 unspecified atom stereocenters. The van der Waals surface area contributed by atoms with E-state index in [-0.39, 0.29) is 36.1 Å². The smallest absolute Gasteiger partial charge is 0.240 e. The lowest BCUT2D eigenvalue weighted by Crippen LogP contribution is -2.41. The van der Waals surface area contributed by atoms with Crippen molar-refractivity contribution < 1.29 is 14.4 Å². The molecule has 6 nitrogen and oxygen atoms in total. The minimum atomic E-state index is -0.257. The lowest BCUT2D eigenvalue weighted by Gasteiger charge is -2.19. The number of likely N-dealkylation sites (tertiary alicyclic amines) is 1. The van der Waals surface area contributed by atoms with Gasteiger partial charge in [-0.15, -0.1) is 0 Å². The first-order valence-electron chi connectivity index (χ1n) is 9.46. The molecule has 1 aromatic carbocycles. The quantitative estimate of drug-likeness (QED) is 0.597. The number of carbonyl (C=O) groups is 3. The molecule has 6 heteroatoms. The summed E-state index contributed by atoms with van der Waals surface area (Å²) in [6, 6.07) is 10.1. The van der Waals surface area contributed by atoms with Crippen LogP contribution in [0.15, 0.2) is 30.3 Å². The van der Waals surface area contributed by atoms with Crippen molar-refractivity contribution in [1.82, 2.24) is 10.2 Å². The van der Waals surface area contributed by atoms with Crippen molar-refractivity contribution in [3.8, 4) is 0 Å². The summed E-state index contributed by atoms with van der Waals surface area (Å²) in [5, 5.41) is 2.83. The highest BCUT2D eigenvalue weighted by molar-refractivity contribution is 6.07. The van der Waals surface area contributed by atoms with Crippen LogP contribution in [0.5, 0.6) is 0 Å². The van der Waals surface area contributed by atoms with Gasteiger partial charge in [-0.2, -0.15) is 0 Å². The van der Waals surface area contributed by atoms with Crippen LogP contribution in [0.1, 0.15) is 32.1 Å². The van der Waals surface area contributed by atoms with E-state index in [1.54, 1.807) is 0 Å². The normalized spacial score (nSPS) is 22.3. The van der Waals surface area contributed by atoms with Gasteiger partial charge < -0.3 is 10.2 Å². The Hall–Kier alpha value is -2.37. The topological polar surface area (TPSA) is 69.7 Å². The van der Waals surface area contributed by atoms with E-state index >= 15 is 0 Å². The SMILES string of the molecule is CN(CCCNC(=O)CN1C(=O)[C@H]2CCCC[C@H]2C1=O)c1ccccc1. The summed E-state index contributed by atoms with van der Waals surface area (Å²) in [5.74, 6) is -0.947. The number of rotatable bonds is 7. The predicted octanol–water partition coefficient (Wildman–Crippen LogP) is 1.80. The van der Waals surface area contributed by atoms with Gasteiger partial charge in [-0.25, -0.2) is 0 Å². The third-order valence-electron chi connectivity index (χ3n) is 5.42. The van der Waals surface area contributed by atoms with E-state index in [0.717, 1.165) is 44.3 Å². The molecule has 140 valence electrons. The van der Waals surface area contributed by atoms with Gasteiger partial charge in [0.2, 0.25) is 17.7 Å². The van der Waals surface area contributed by atoms with E-state index in [2.05, 4.69) is 10.2 Å². The summed E-state index contributed by atoms with van der Waals surface area (Å²) in [6.07, 6.45) is 4.34. The second-order valence-electron chi connectivity index (χ2n) is 7.22. The van der Waals surface area contributed by atoms with Gasteiger partial charge in [-0.1, -0.05) is 31.0 Å². The van der Waals surface area contributed by atoms with Crippen molar-refractivity contribution in [2.75, 3.05) is 31.6 Å². The Morgan fingerprint density at radius 3 is 2.35 bits per heavy atom. The maximum absolute atomic E-state index is 12.4. The Morgan fingerprint density at radius 2 is 1.73 bits per heavy atom. The fourth-order valence-electron chi connectivity index (χ4n) is 3.94. The van der Waals surface area contributed by atoms with E-state index < -0.39 is 0 Å². The molecule has 2 aliphatic rings. The van der Waals surface area contributed by atoms with Gasteiger partial charge in [-0.05, 0) is 31.4 Å². The summed E-state index contributed by atoms with van der Waals surface area (Å²) < 4.78 is 0. The van der Waals surface area contributed by atoms with Crippen molar-refractivity contribution in [2.24, 2.45) is 11.8 Å². The van der Waals surface area contributed by atoms with E-state index in [1.165, 1.54) is 4.90 Å². The maximum atomic E-state index is 12.4. The Kier molecular flexibility index (Phi) is 5.91. The molecule has 0 aromatic heterocycles. The number of amides is 3. The molecule has 0 bridgehead atoms. The Balaban J connectivity index is 1.40. The van der Waals surface area contributed by atoms with E-state index in [9.17, 15) is 14.4 Å². The lowest BCUT2D eigenvalue weighted by atomic mass is 9.81. The van der Waals surface area contributed by atoms with E-state index in [4.69, 9.17) is 0 Å².